The minimum atomic E-state index is -0.0244. The first-order chi connectivity index (χ1) is 13.7. The Morgan fingerprint density at radius 3 is 2.75 bits per heavy atom. The summed E-state index contributed by atoms with van der Waals surface area (Å²) in [6, 6.07) is 7.72. The quantitative estimate of drug-likeness (QED) is 0.881. The molecule has 0 radical (unpaired) electrons. The molecule has 4 heterocycles. The summed E-state index contributed by atoms with van der Waals surface area (Å²) < 4.78 is 17.4. The van der Waals surface area contributed by atoms with Gasteiger partial charge in [0.05, 0.1) is 17.8 Å². The molecule has 146 valence electrons. The van der Waals surface area contributed by atoms with Crippen LogP contribution in [0, 0.1) is 6.92 Å². The molecule has 3 aliphatic heterocycles. The highest BCUT2D eigenvalue weighted by molar-refractivity contribution is 5.98. The van der Waals surface area contributed by atoms with Crippen molar-refractivity contribution < 1.29 is 19.0 Å². The molecule has 0 unspecified atom stereocenters. The van der Waals surface area contributed by atoms with E-state index in [0.717, 1.165) is 60.3 Å². The molecule has 1 amide bonds. The molecule has 0 bridgehead atoms. The molecule has 3 aliphatic rings. The molecule has 1 aromatic carbocycles. The number of ether oxygens (including phenoxy) is 3. The Labute approximate surface area is 163 Å². The Bertz CT molecular complexity index is 922. The molecule has 7 nitrogen and oxygen atoms in total. The van der Waals surface area contributed by atoms with Crippen LogP contribution in [0.3, 0.4) is 0 Å². The first-order valence-electron chi connectivity index (χ1n) is 9.77. The van der Waals surface area contributed by atoms with Gasteiger partial charge in [0.2, 0.25) is 0 Å². The fourth-order valence-electron chi connectivity index (χ4n) is 4.03. The summed E-state index contributed by atoms with van der Waals surface area (Å²) >= 11 is 0. The number of carbonyl (C=O) groups excluding carboxylic acids is 1. The van der Waals surface area contributed by atoms with Crippen LogP contribution in [0.25, 0.3) is 0 Å². The summed E-state index contributed by atoms with van der Waals surface area (Å²) in [4.78, 5) is 18.9. The number of fused-ring (bicyclic) bond motifs is 2. The van der Waals surface area contributed by atoms with Crippen LogP contribution >= 0.6 is 0 Å². The smallest absolute Gasteiger partial charge is 0.253 e. The predicted octanol–water partition coefficient (Wildman–Crippen LogP) is 2.45. The van der Waals surface area contributed by atoms with Crippen LogP contribution in [-0.4, -0.2) is 43.3 Å². The van der Waals surface area contributed by atoms with Crippen molar-refractivity contribution >= 4 is 11.7 Å². The molecule has 1 aromatic heterocycles. The van der Waals surface area contributed by atoms with Crippen molar-refractivity contribution in [3.63, 3.8) is 0 Å². The highest BCUT2D eigenvalue weighted by Gasteiger charge is 2.27. The number of hydrogen-bond donors (Lipinski definition) is 1. The second kappa shape index (κ2) is 6.89. The molecule has 1 saturated heterocycles. The molecule has 5 rings (SSSR count). The highest BCUT2D eigenvalue weighted by atomic mass is 16.6. The SMILES string of the molecule is Cc1cc2c(nc1N1CCC(Oc3ccc4c(c3)OCCO4)CC1)CNC2=O. The van der Waals surface area contributed by atoms with E-state index in [1.165, 1.54) is 0 Å². The van der Waals surface area contributed by atoms with E-state index in [1.54, 1.807) is 0 Å². The number of benzene rings is 1. The van der Waals surface area contributed by atoms with Gasteiger partial charge in [-0.15, -0.1) is 0 Å². The average molecular weight is 381 g/mol. The van der Waals surface area contributed by atoms with Crippen LogP contribution in [0.15, 0.2) is 24.3 Å². The normalized spacial score (nSPS) is 18.6. The first kappa shape index (κ1) is 17.2. The second-order valence-electron chi connectivity index (χ2n) is 7.42. The highest BCUT2D eigenvalue weighted by Crippen LogP contribution is 2.35. The summed E-state index contributed by atoms with van der Waals surface area (Å²) in [6.45, 7) is 5.46. The van der Waals surface area contributed by atoms with E-state index in [1.807, 2.05) is 31.2 Å². The van der Waals surface area contributed by atoms with Gasteiger partial charge in [-0.05, 0) is 30.7 Å². The van der Waals surface area contributed by atoms with Gasteiger partial charge < -0.3 is 24.4 Å². The van der Waals surface area contributed by atoms with E-state index < -0.39 is 0 Å². The van der Waals surface area contributed by atoms with E-state index >= 15 is 0 Å². The minimum absolute atomic E-state index is 0.0244. The van der Waals surface area contributed by atoms with Crippen molar-refractivity contribution in [3.8, 4) is 17.2 Å². The predicted molar refractivity (Wildman–Crippen MR) is 103 cm³/mol. The maximum absolute atomic E-state index is 11.8. The van der Waals surface area contributed by atoms with Crippen LogP contribution in [-0.2, 0) is 6.54 Å². The standard InChI is InChI=1S/C21H23N3O4/c1-13-10-16-17(12-22-21(16)25)23-20(13)24-6-4-14(5-7-24)28-15-2-3-18-19(11-15)27-9-8-26-18/h2-3,10-11,14H,4-9,12H2,1H3,(H,22,25). The Kier molecular flexibility index (Phi) is 4.22. The average Bonchev–Trinajstić information content (AvgIpc) is 3.08. The largest absolute Gasteiger partial charge is 0.490 e. The number of hydrogen-bond acceptors (Lipinski definition) is 6. The lowest BCUT2D eigenvalue weighted by molar-refractivity contribution is 0.0965. The van der Waals surface area contributed by atoms with Crippen LogP contribution in [0.1, 0.15) is 34.5 Å². The maximum Gasteiger partial charge on any atom is 0.253 e. The zero-order valence-electron chi connectivity index (χ0n) is 15.9. The third-order valence-corrected chi connectivity index (χ3v) is 5.48. The van der Waals surface area contributed by atoms with E-state index in [-0.39, 0.29) is 12.0 Å². The third-order valence-electron chi connectivity index (χ3n) is 5.48. The van der Waals surface area contributed by atoms with Crippen LogP contribution in [0.2, 0.25) is 0 Å². The molecular weight excluding hydrogens is 358 g/mol. The van der Waals surface area contributed by atoms with E-state index in [2.05, 4.69) is 10.2 Å². The second-order valence-corrected chi connectivity index (χ2v) is 7.42. The monoisotopic (exact) mass is 381 g/mol. The molecular formula is C21H23N3O4. The van der Waals surface area contributed by atoms with Crippen LogP contribution < -0.4 is 24.4 Å². The van der Waals surface area contributed by atoms with Crippen LogP contribution in [0.5, 0.6) is 17.2 Å². The van der Waals surface area contributed by atoms with Crippen molar-refractivity contribution in [2.45, 2.75) is 32.4 Å². The topological polar surface area (TPSA) is 72.9 Å². The van der Waals surface area contributed by atoms with Gasteiger partial charge in [0.1, 0.15) is 30.9 Å². The van der Waals surface area contributed by atoms with Crippen molar-refractivity contribution in [2.75, 3.05) is 31.2 Å². The molecule has 28 heavy (non-hydrogen) atoms. The molecule has 0 saturated carbocycles. The Morgan fingerprint density at radius 1 is 1.14 bits per heavy atom. The molecule has 1 N–H and O–H groups in total. The number of anilines is 1. The lowest BCUT2D eigenvalue weighted by Gasteiger charge is -2.34. The van der Waals surface area contributed by atoms with Gasteiger partial charge in [-0.3, -0.25) is 4.79 Å². The number of amides is 1. The van der Waals surface area contributed by atoms with Crippen molar-refractivity contribution in [1.82, 2.24) is 10.3 Å². The lowest BCUT2D eigenvalue weighted by Crippen LogP contribution is -2.39. The Morgan fingerprint density at radius 2 is 1.93 bits per heavy atom. The van der Waals surface area contributed by atoms with E-state index in [9.17, 15) is 4.79 Å². The van der Waals surface area contributed by atoms with E-state index in [4.69, 9.17) is 19.2 Å². The van der Waals surface area contributed by atoms with Crippen molar-refractivity contribution in [2.24, 2.45) is 0 Å². The molecule has 0 spiro atoms. The number of pyridine rings is 1. The fraction of sp³-hybridized carbons (Fsp3) is 0.429. The first-order valence-corrected chi connectivity index (χ1v) is 9.77. The Hall–Kier alpha value is -2.96. The van der Waals surface area contributed by atoms with Gasteiger partial charge in [-0.1, -0.05) is 0 Å². The minimum Gasteiger partial charge on any atom is -0.490 e. The summed E-state index contributed by atoms with van der Waals surface area (Å²) in [6.07, 6.45) is 2.00. The number of piperidine rings is 1. The van der Waals surface area contributed by atoms with Gasteiger partial charge in [0.15, 0.2) is 11.5 Å². The van der Waals surface area contributed by atoms with Gasteiger partial charge in [0.25, 0.3) is 5.91 Å². The van der Waals surface area contributed by atoms with Gasteiger partial charge >= 0.3 is 0 Å². The summed E-state index contributed by atoms with van der Waals surface area (Å²) in [5, 5.41) is 2.84. The van der Waals surface area contributed by atoms with Crippen molar-refractivity contribution in [3.05, 3.63) is 41.1 Å². The number of aryl methyl sites for hydroxylation is 1. The zero-order chi connectivity index (χ0) is 19.1. The van der Waals surface area contributed by atoms with Gasteiger partial charge in [0, 0.05) is 32.0 Å². The number of aromatic nitrogens is 1. The van der Waals surface area contributed by atoms with Gasteiger partial charge in [-0.25, -0.2) is 4.98 Å². The summed E-state index contributed by atoms with van der Waals surface area (Å²) in [5.41, 5.74) is 2.60. The Balaban J connectivity index is 1.24. The molecule has 1 fully saturated rings. The van der Waals surface area contributed by atoms with Crippen molar-refractivity contribution in [1.29, 1.82) is 0 Å². The van der Waals surface area contributed by atoms with Gasteiger partial charge in [-0.2, -0.15) is 0 Å². The lowest BCUT2D eigenvalue weighted by atomic mass is 10.1. The number of nitrogens with zero attached hydrogens (tertiary/aromatic N) is 2. The molecule has 0 atom stereocenters. The number of nitrogens with one attached hydrogen (secondary N) is 1. The molecule has 0 aliphatic carbocycles. The maximum atomic E-state index is 11.8. The molecule has 7 heteroatoms. The zero-order valence-corrected chi connectivity index (χ0v) is 15.9. The van der Waals surface area contributed by atoms with E-state index in [0.29, 0.717) is 25.3 Å². The summed E-state index contributed by atoms with van der Waals surface area (Å²) in [5.74, 6) is 3.30. The fourth-order valence-corrected chi connectivity index (χ4v) is 4.03. The summed E-state index contributed by atoms with van der Waals surface area (Å²) in [7, 11) is 0. The molecule has 2 aromatic rings. The number of rotatable bonds is 3. The van der Waals surface area contributed by atoms with Crippen LogP contribution in [0.4, 0.5) is 5.82 Å². The third kappa shape index (κ3) is 3.10. The number of carbonyl (C=O) groups is 1.